The Labute approximate surface area is 106 Å². The minimum atomic E-state index is 0.445. The minimum Gasteiger partial charge on any atom is -0.309 e. The van der Waals surface area contributed by atoms with Crippen LogP contribution in [0.5, 0.6) is 0 Å². The lowest BCUT2D eigenvalue weighted by Gasteiger charge is -2.26. The number of rotatable bonds is 7. The van der Waals surface area contributed by atoms with Crippen molar-refractivity contribution in [1.82, 2.24) is 10.2 Å². The maximum atomic E-state index is 3.58. The fraction of sp³-hybridized carbons (Fsp3) is 0.600. The monoisotopic (exact) mass is 234 g/mol. The summed E-state index contributed by atoms with van der Waals surface area (Å²) >= 11 is 0. The van der Waals surface area contributed by atoms with Crippen LogP contribution in [0.25, 0.3) is 0 Å². The van der Waals surface area contributed by atoms with E-state index in [-0.39, 0.29) is 0 Å². The molecule has 0 spiro atoms. The Hall–Kier alpha value is -0.860. The van der Waals surface area contributed by atoms with Gasteiger partial charge in [-0.1, -0.05) is 50.6 Å². The fourth-order valence-electron chi connectivity index (χ4n) is 2.07. The Morgan fingerprint density at radius 3 is 2.12 bits per heavy atom. The van der Waals surface area contributed by atoms with Gasteiger partial charge in [-0.25, -0.2) is 0 Å². The molecule has 0 bridgehead atoms. The molecule has 2 nitrogen and oxygen atoms in total. The van der Waals surface area contributed by atoms with Crippen molar-refractivity contribution >= 4 is 0 Å². The van der Waals surface area contributed by atoms with E-state index in [0.717, 1.165) is 26.2 Å². The van der Waals surface area contributed by atoms with E-state index in [1.165, 1.54) is 11.1 Å². The first-order valence-electron chi connectivity index (χ1n) is 6.73. The lowest BCUT2D eigenvalue weighted by Crippen LogP contribution is -2.35. The Balaban J connectivity index is 2.73. The smallest absolute Gasteiger partial charge is 0.0449 e. The third-order valence-corrected chi connectivity index (χ3v) is 3.27. The van der Waals surface area contributed by atoms with Gasteiger partial charge in [-0.15, -0.1) is 0 Å². The number of likely N-dealkylation sites (N-methyl/N-ethyl adjacent to an activating group) is 2. The first-order chi connectivity index (χ1) is 8.21. The van der Waals surface area contributed by atoms with Gasteiger partial charge in [0.05, 0.1) is 0 Å². The zero-order valence-electron chi connectivity index (χ0n) is 11.7. The Kier molecular flexibility index (Phi) is 6.23. The zero-order valence-corrected chi connectivity index (χ0v) is 11.7. The number of aryl methyl sites for hydroxylation is 1. The van der Waals surface area contributed by atoms with E-state index in [1.54, 1.807) is 0 Å². The summed E-state index contributed by atoms with van der Waals surface area (Å²) in [6.07, 6.45) is 0. The SMILES string of the molecule is CCNC(CN(CC)CC)c1ccc(C)cc1. The van der Waals surface area contributed by atoms with Gasteiger partial charge in [0.1, 0.15) is 0 Å². The van der Waals surface area contributed by atoms with Gasteiger partial charge in [0, 0.05) is 12.6 Å². The molecule has 96 valence electrons. The highest BCUT2D eigenvalue weighted by atomic mass is 15.1. The zero-order chi connectivity index (χ0) is 12.7. The topological polar surface area (TPSA) is 15.3 Å². The highest BCUT2D eigenvalue weighted by Crippen LogP contribution is 2.15. The van der Waals surface area contributed by atoms with E-state index >= 15 is 0 Å². The second-order valence-corrected chi connectivity index (χ2v) is 4.51. The average molecular weight is 234 g/mol. The molecule has 2 heteroatoms. The number of hydrogen-bond acceptors (Lipinski definition) is 2. The van der Waals surface area contributed by atoms with Gasteiger partial charge in [-0.2, -0.15) is 0 Å². The van der Waals surface area contributed by atoms with Crippen molar-refractivity contribution in [3.63, 3.8) is 0 Å². The molecule has 0 amide bonds. The molecular formula is C15H26N2. The average Bonchev–Trinajstić information content (AvgIpc) is 2.35. The fourth-order valence-corrected chi connectivity index (χ4v) is 2.07. The normalized spacial score (nSPS) is 13.0. The molecule has 0 fully saturated rings. The van der Waals surface area contributed by atoms with Gasteiger partial charge in [-0.3, -0.25) is 0 Å². The van der Waals surface area contributed by atoms with E-state index in [2.05, 4.69) is 62.2 Å². The quantitative estimate of drug-likeness (QED) is 0.780. The van der Waals surface area contributed by atoms with E-state index in [9.17, 15) is 0 Å². The second-order valence-electron chi connectivity index (χ2n) is 4.51. The molecule has 0 saturated heterocycles. The molecule has 1 rings (SSSR count). The molecule has 0 radical (unpaired) electrons. The maximum absolute atomic E-state index is 3.58. The largest absolute Gasteiger partial charge is 0.309 e. The summed E-state index contributed by atoms with van der Waals surface area (Å²) in [5.74, 6) is 0. The van der Waals surface area contributed by atoms with Crippen LogP contribution in [0.3, 0.4) is 0 Å². The number of nitrogens with zero attached hydrogens (tertiary/aromatic N) is 1. The van der Waals surface area contributed by atoms with Crippen LogP contribution in [-0.4, -0.2) is 31.1 Å². The highest BCUT2D eigenvalue weighted by Gasteiger charge is 2.12. The van der Waals surface area contributed by atoms with Crippen LogP contribution in [0.1, 0.15) is 37.9 Å². The number of benzene rings is 1. The lowest BCUT2D eigenvalue weighted by atomic mass is 10.0. The first-order valence-corrected chi connectivity index (χ1v) is 6.73. The second kappa shape index (κ2) is 7.46. The van der Waals surface area contributed by atoms with Crippen molar-refractivity contribution < 1.29 is 0 Å². The summed E-state index contributed by atoms with van der Waals surface area (Å²) in [7, 11) is 0. The van der Waals surface area contributed by atoms with Crippen LogP contribution in [0, 0.1) is 6.92 Å². The summed E-state index contributed by atoms with van der Waals surface area (Å²) in [6.45, 7) is 13.1. The van der Waals surface area contributed by atoms with Gasteiger partial charge >= 0.3 is 0 Å². The summed E-state index contributed by atoms with van der Waals surface area (Å²) in [6, 6.07) is 9.32. The number of nitrogens with one attached hydrogen (secondary N) is 1. The van der Waals surface area contributed by atoms with Crippen molar-refractivity contribution in [3.05, 3.63) is 35.4 Å². The summed E-state index contributed by atoms with van der Waals surface area (Å²) < 4.78 is 0. The molecule has 1 aromatic rings. The molecule has 0 aliphatic rings. The predicted molar refractivity (Wildman–Crippen MR) is 75.4 cm³/mol. The minimum absolute atomic E-state index is 0.445. The maximum Gasteiger partial charge on any atom is 0.0449 e. The standard InChI is InChI=1S/C15H26N2/c1-5-16-15(12-17(6-2)7-3)14-10-8-13(4)9-11-14/h8-11,15-16H,5-7,12H2,1-4H3. The van der Waals surface area contributed by atoms with Crippen LogP contribution in [0.4, 0.5) is 0 Å². The van der Waals surface area contributed by atoms with Gasteiger partial charge in [0.25, 0.3) is 0 Å². The third-order valence-electron chi connectivity index (χ3n) is 3.27. The molecule has 0 heterocycles. The van der Waals surface area contributed by atoms with Gasteiger partial charge < -0.3 is 10.2 Å². The summed E-state index contributed by atoms with van der Waals surface area (Å²) in [4.78, 5) is 2.47. The third kappa shape index (κ3) is 4.49. The van der Waals surface area contributed by atoms with Gasteiger partial charge in [0.2, 0.25) is 0 Å². The Morgan fingerprint density at radius 1 is 1.06 bits per heavy atom. The molecule has 0 aliphatic heterocycles. The van der Waals surface area contributed by atoms with Crippen LogP contribution >= 0.6 is 0 Å². The van der Waals surface area contributed by atoms with Crippen molar-refractivity contribution in [2.24, 2.45) is 0 Å². The van der Waals surface area contributed by atoms with Crippen LogP contribution in [0.15, 0.2) is 24.3 Å². The molecule has 0 aromatic heterocycles. The molecule has 0 aliphatic carbocycles. The van der Waals surface area contributed by atoms with Gasteiger partial charge in [-0.05, 0) is 32.1 Å². The molecule has 17 heavy (non-hydrogen) atoms. The molecule has 0 saturated carbocycles. The van der Waals surface area contributed by atoms with Gasteiger partial charge in [0.15, 0.2) is 0 Å². The van der Waals surface area contributed by atoms with Crippen molar-refractivity contribution in [3.8, 4) is 0 Å². The van der Waals surface area contributed by atoms with E-state index in [1.807, 2.05) is 0 Å². The highest BCUT2D eigenvalue weighted by molar-refractivity contribution is 5.24. The predicted octanol–water partition coefficient (Wildman–Crippen LogP) is 2.99. The number of hydrogen-bond donors (Lipinski definition) is 1. The molecular weight excluding hydrogens is 208 g/mol. The Morgan fingerprint density at radius 2 is 1.65 bits per heavy atom. The lowest BCUT2D eigenvalue weighted by molar-refractivity contribution is 0.267. The molecule has 1 aromatic carbocycles. The molecule has 1 unspecified atom stereocenters. The molecule has 1 N–H and O–H groups in total. The molecule has 1 atom stereocenters. The van der Waals surface area contributed by atoms with Crippen molar-refractivity contribution in [1.29, 1.82) is 0 Å². The van der Waals surface area contributed by atoms with E-state index in [0.29, 0.717) is 6.04 Å². The first kappa shape index (κ1) is 14.2. The Bertz CT molecular complexity index is 301. The van der Waals surface area contributed by atoms with Crippen molar-refractivity contribution in [2.75, 3.05) is 26.2 Å². The van der Waals surface area contributed by atoms with E-state index < -0.39 is 0 Å². The summed E-state index contributed by atoms with van der Waals surface area (Å²) in [5.41, 5.74) is 2.72. The van der Waals surface area contributed by atoms with Crippen LogP contribution in [-0.2, 0) is 0 Å². The summed E-state index contributed by atoms with van der Waals surface area (Å²) in [5, 5.41) is 3.58. The van der Waals surface area contributed by atoms with Crippen molar-refractivity contribution in [2.45, 2.75) is 33.7 Å². The van der Waals surface area contributed by atoms with E-state index in [4.69, 9.17) is 0 Å². The van der Waals surface area contributed by atoms with Crippen LogP contribution in [0.2, 0.25) is 0 Å². The van der Waals surface area contributed by atoms with Crippen LogP contribution < -0.4 is 5.32 Å².